The Labute approximate surface area is 126 Å². The van der Waals surface area contributed by atoms with E-state index in [1.165, 1.54) is 0 Å². The van der Waals surface area contributed by atoms with Crippen LogP contribution >= 0.6 is 27.5 Å². The number of fused-ring (bicyclic) bond motifs is 1. The Bertz CT molecular complexity index is 838. The molecule has 0 aliphatic heterocycles. The van der Waals surface area contributed by atoms with Crippen LogP contribution in [0.3, 0.4) is 0 Å². The summed E-state index contributed by atoms with van der Waals surface area (Å²) in [6, 6.07) is 7.29. The lowest BCUT2D eigenvalue weighted by atomic mass is 10.2. The lowest BCUT2D eigenvalue weighted by molar-refractivity contribution is 1.09. The lowest BCUT2D eigenvalue weighted by Gasteiger charge is -2.08. The fourth-order valence-corrected chi connectivity index (χ4v) is 2.36. The summed E-state index contributed by atoms with van der Waals surface area (Å²) in [5, 5.41) is 19.5. The van der Waals surface area contributed by atoms with Crippen molar-refractivity contribution in [2.24, 2.45) is 0 Å². The van der Waals surface area contributed by atoms with E-state index in [9.17, 15) is 0 Å². The molecule has 1 aromatic carbocycles. The van der Waals surface area contributed by atoms with Gasteiger partial charge in [-0.05, 0) is 45.7 Å². The summed E-state index contributed by atoms with van der Waals surface area (Å²) >= 11 is 9.27. The standard InChI is InChI=1S/C12H6BrClN6/c13-8-3-6(4-15)1-2-9(8)17-10-7-5-16-20-11(7)19-12(14)18-10/h1-3,5H,(H2,16,17,18,19,20). The summed E-state index contributed by atoms with van der Waals surface area (Å²) in [5.74, 6) is 0.541. The van der Waals surface area contributed by atoms with Gasteiger partial charge in [0.1, 0.15) is 5.82 Å². The number of hydrogen-bond donors (Lipinski definition) is 2. The van der Waals surface area contributed by atoms with E-state index < -0.39 is 0 Å². The molecule has 0 bridgehead atoms. The molecule has 0 spiro atoms. The van der Waals surface area contributed by atoms with Crippen molar-refractivity contribution in [1.29, 1.82) is 5.26 Å². The predicted octanol–water partition coefficient (Wildman–Crippen LogP) is 3.38. The van der Waals surface area contributed by atoms with E-state index in [4.69, 9.17) is 16.9 Å². The van der Waals surface area contributed by atoms with Crippen molar-refractivity contribution >= 4 is 50.1 Å². The topological polar surface area (TPSA) is 90.3 Å². The van der Waals surface area contributed by atoms with Gasteiger partial charge < -0.3 is 5.32 Å². The Morgan fingerprint density at radius 3 is 2.95 bits per heavy atom. The van der Waals surface area contributed by atoms with Gasteiger partial charge in [-0.3, -0.25) is 5.10 Å². The second-order valence-corrected chi connectivity index (χ2v) is 5.10. The number of halogens is 2. The maximum atomic E-state index is 8.85. The third-order valence-corrected chi connectivity index (χ3v) is 3.46. The van der Waals surface area contributed by atoms with Gasteiger partial charge in [-0.25, -0.2) is 0 Å². The monoisotopic (exact) mass is 348 g/mol. The number of aromatic amines is 1. The summed E-state index contributed by atoms with van der Waals surface area (Å²) in [5.41, 5.74) is 1.88. The Balaban J connectivity index is 2.05. The Morgan fingerprint density at radius 2 is 2.20 bits per heavy atom. The molecule has 0 atom stereocenters. The summed E-state index contributed by atoms with van der Waals surface area (Å²) in [4.78, 5) is 8.18. The molecule has 0 amide bonds. The summed E-state index contributed by atoms with van der Waals surface area (Å²) < 4.78 is 0.753. The first-order chi connectivity index (χ1) is 9.67. The number of rotatable bonds is 2. The third kappa shape index (κ3) is 2.31. The van der Waals surface area contributed by atoms with Crippen molar-refractivity contribution in [3.8, 4) is 6.07 Å². The molecule has 0 aliphatic rings. The molecule has 0 aliphatic carbocycles. The number of hydrogen-bond acceptors (Lipinski definition) is 5. The molecule has 0 saturated heterocycles. The highest BCUT2D eigenvalue weighted by Crippen LogP contribution is 2.29. The number of nitrogens with zero attached hydrogens (tertiary/aromatic N) is 4. The Morgan fingerprint density at radius 1 is 1.35 bits per heavy atom. The van der Waals surface area contributed by atoms with E-state index in [0.29, 0.717) is 17.0 Å². The van der Waals surface area contributed by atoms with Crippen molar-refractivity contribution < 1.29 is 0 Å². The molecule has 3 rings (SSSR count). The minimum absolute atomic E-state index is 0.119. The van der Waals surface area contributed by atoms with Crippen LogP contribution in [-0.4, -0.2) is 20.2 Å². The maximum absolute atomic E-state index is 8.85. The quantitative estimate of drug-likeness (QED) is 0.692. The van der Waals surface area contributed by atoms with E-state index in [-0.39, 0.29) is 5.28 Å². The van der Waals surface area contributed by atoms with Gasteiger partial charge >= 0.3 is 0 Å². The molecular formula is C12H6BrClN6. The van der Waals surface area contributed by atoms with E-state index >= 15 is 0 Å². The molecule has 20 heavy (non-hydrogen) atoms. The lowest BCUT2D eigenvalue weighted by Crippen LogP contribution is -1.97. The highest BCUT2D eigenvalue weighted by Gasteiger charge is 2.10. The van der Waals surface area contributed by atoms with Crippen LogP contribution in [-0.2, 0) is 0 Å². The molecule has 6 nitrogen and oxygen atoms in total. The fraction of sp³-hybridized carbons (Fsp3) is 0. The average molecular weight is 350 g/mol. The smallest absolute Gasteiger partial charge is 0.226 e. The zero-order valence-corrected chi connectivity index (χ0v) is 12.2. The molecule has 3 aromatic rings. The summed E-state index contributed by atoms with van der Waals surface area (Å²) in [6.07, 6.45) is 1.62. The van der Waals surface area contributed by atoms with E-state index in [0.717, 1.165) is 15.5 Å². The molecule has 0 fully saturated rings. The molecular weight excluding hydrogens is 344 g/mol. The number of H-pyrrole nitrogens is 1. The number of anilines is 2. The maximum Gasteiger partial charge on any atom is 0.226 e. The average Bonchev–Trinajstić information content (AvgIpc) is 2.89. The van der Waals surface area contributed by atoms with Gasteiger partial charge in [0.25, 0.3) is 0 Å². The normalized spacial score (nSPS) is 10.4. The predicted molar refractivity (Wildman–Crippen MR) is 78.8 cm³/mol. The highest BCUT2D eigenvalue weighted by atomic mass is 79.9. The molecule has 2 N–H and O–H groups in total. The van der Waals surface area contributed by atoms with E-state index in [1.807, 2.05) is 0 Å². The van der Waals surface area contributed by atoms with Crippen LogP contribution in [0.1, 0.15) is 5.56 Å². The molecule has 0 unspecified atom stereocenters. The van der Waals surface area contributed by atoms with Crippen LogP contribution in [0.5, 0.6) is 0 Å². The number of nitriles is 1. The van der Waals surface area contributed by atoms with Crippen LogP contribution in [0.15, 0.2) is 28.9 Å². The Hall–Kier alpha value is -2.17. The number of aromatic nitrogens is 4. The largest absolute Gasteiger partial charge is 0.339 e. The third-order valence-electron chi connectivity index (χ3n) is 2.63. The first-order valence-electron chi connectivity index (χ1n) is 5.50. The van der Waals surface area contributed by atoms with Crippen molar-refractivity contribution in [2.75, 3.05) is 5.32 Å². The van der Waals surface area contributed by atoms with Crippen LogP contribution in [0.25, 0.3) is 11.0 Å². The first-order valence-corrected chi connectivity index (χ1v) is 6.68. The molecule has 2 heterocycles. The second kappa shape index (κ2) is 5.07. The van der Waals surface area contributed by atoms with Gasteiger partial charge in [0, 0.05) is 4.47 Å². The van der Waals surface area contributed by atoms with Crippen molar-refractivity contribution in [1.82, 2.24) is 20.2 Å². The molecule has 0 saturated carbocycles. The van der Waals surface area contributed by atoms with Crippen molar-refractivity contribution in [3.63, 3.8) is 0 Å². The molecule has 8 heteroatoms. The number of benzene rings is 1. The van der Waals surface area contributed by atoms with E-state index in [1.54, 1.807) is 24.4 Å². The fourth-order valence-electron chi connectivity index (χ4n) is 1.72. The van der Waals surface area contributed by atoms with Gasteiger partial charge in [0.05, 0.1) is 28.9 Å². The zero-order valence-electron chi connectivity index (χ0n) is 9.85. The molecule has 2 aromatic heterocycles. The van der Waals surface area contributed by atoms with Crippen molar-refractivity contribution in [3.05, 3.63) is 39.7 Å². The van der Waals surface area contributed by atoms with Crippen LogP contribution in [0.4, 0.5) is 11.5 Å². The minimum atomic E-state index is 0.119. The molecule has 0 radical (unpaired) electrons. The van der Waals surface area contributed by atoms with Crippen LogP contribution < -0.4 is 5.32 Å². The van der Waals surface area contributed by atoms with Gasteiger partial charge in [-0.2, -0.15) is 20.3 Å². The number of nitrogens with one attached hydrogen (secondary N) is 2. The second-order valence-electron chi connectivity index (χ2n) is 3.90. The minimum Gasteiger partial charge on any atom is -0.339 e. The zero-order chi connectivity index (χ0) is 14.1. The van der Waals surface area contributed by atoms with Crippen molar-refractivity contribution in [2.45, 2.75) is 0 Å². The van der Waals surface area contributed by atoms with Gasteiger partial charge in [0.15, 0.2) is 5.65 Å². The summed E-state index contributed by atoms with van der Waals surface area (Å²) in [6.45, 7) is 0. The summed E-state index contributed by atoms with van der Waals surface area (Å²) in [7, 11) is 0. The molecule has 98 valence electrons. The first kappa shape index (κ1) is 12.8. The SMILES string of the molecule is N#Cc1ccc(Nc2nc(Cl)nc3[nH]ncc23)c(Br)c1. The van der Waals surface area contributed by atoms with Gasteiger partial charge in [-0.1, -0.05) is 0 Å². The van der Waals surface area contributed by atoms with Crippen LogP contribution in [0, 0.1) is 11.3 Å². The highest BCUT2D eigenvalue weighted by molar-refractivity contribution is 9.10. The van der Waals surface area contributed by atoms with Crippen LogP contribution in [0.2, 0.25) is 5.28 Å². The Kier molecular flexibility index (Phi) is 3.26. The van der Waals surface area contributed by atoms with Gasteiger partial charge in [0.2, 0.25) is 5.28 Å². The van der Waals surface area contributed by atoms with Gasteiger partial charge in [-0.15, -0.1) is 0 Å². The van der Waals surface area contributed by atoms with E-state index in [2.05, 4.69) is 47.5 Å².